The van der Waals surface area contributed by atoms with Gasteiger partial charge in [0.05, 0.1) is 12.2 Å². The van der Waals surface area contributed by atoms with Gasteiger partial charge >= 0.3 is 5.97 Å². The van der Waals surface area contributed by atoms with Gasteiger partial charge in [0.15, 0.2) is 12.4 Å². The topological polar surface area (TPSA) is 81.7 Å². The van der Waals surface area contributed by atoms with Crippen molar-refractivity contribution in [3.8, 4) is 5.75 Å². The maximum atomic E-state index is 13.5. The van der Waals surface area contributed by atoms with Gasteiger partial charge in [-0.25, -0.2) is 8.78 Å². The average Bonchev–Trinajstić information content (AvgIpc) is 2.70. The lowest BCUT2D eigenvalue weighted by molar-refractivity contribution is -0.142. The summed E-state index contributed by atoms with van der Waals surface area (Å²) < 4.78 is 36.6. The van der Waals surface area contributed by atoms with Crippen LogP contribution < -0.4 is 10.1 Å². The third-order valence-corrected chi connectivity index (χ3v) is 3.87. The van der Waals surface area contributed by atoms with Gasteiger partial charge in [0.1, 0.15) is 17.4 Å². The number of benzene rings is 2. The van der Waals surface area contributed by atoms with Crippen molar-refractivity contribution in [1.82, 2.24) is 5.32 Å². The van der Waals surface area contributed by atoms with Gasteiger partial charge in [-0.05, 0) is 49.7 Å². The van der Waals surface area contributed by atoms with Crippen molar-refractivity contribution in [1.29, 1.82) is 0 Å². The Hall–Kier alpha value is -3.29. The van der Waals surface area contributed by atoms with Crippen molar-refractivity contribution in [3.63, 3.8) is 0 Å². The minimum absolute atomic E-state index is 0.0251. The van der Waals surface area contributed by atoms with E-state index < -0.39 is 23.5 Å². The molecule has 2 aromatic carbocycles. The highest BCUT2D eigenvalue weighted by molar-refractivity contribution is 5.98. The summed E-state index contributed by atoms with van der Waals surface area (Å²) in [6, 6.07) is 9.14. The third-order valence-electron chi connectivity index (χ3n) is 3.87. The monoisotopic (exact) mass is 405 g/mol. The van der Waals surface area contributed by atoms with Crippen molar-refractivity contribution >= 4 is 17.7 Å². The number of amides is 1. The van der Waals surface area contributed by atoms with Crippen molar-refractivity contribution < 1.29 is 32.6 Å². The number of halogens is 2. The van der Waals surface area contributed by atoms with E-state index in [1.807, 2.05) is 6.92 Å². The molecular weight excluding hydrogens is 384 g/mol. The van der Waals surface area contributed by atoms with Crippen LogP contribution in [0.4, 0.5) is 8.78 Å². The summed E-state index contributed by atoms with van der Waals surface area (Å²) in [7, 11) is 0. The van der Waals surface area contributed by atoms with Crippen LogP contribution in [0.25, 0.3) is 0 Å². The van der Waals surface area contributed by atoms with Crippen LogP contribution in [0.3, 0.4) is 0 Å². The lowest BCUT2D eigenvalue weighted by atomic mass is 10.1. The fourth-order valence-electron chi connectivity index (χ4n) is 2.41. The first-order valence-corrected chi connectivity index (χ1v) is 9.05. The summed E-state index contributed by atoms with van der Waals surface area (Å²) in [6.07, 6.45) is 0.216. The Balaban J connectivity index is 1.67. The zero-order valence-electron chi connectivity index (χ0n) is 15.9. The number of nitrogens with one attached hydrogen (secondary N) is 1. The van der Waals surface area contributed by atoms with Gasteiger partial charge in [0, 0.05) is 24.6 Å². The number of ether oxygens (including phenoxy) is 2. The lowest BCUT2D eigenvalue weighted by Crippen LogP contribution is -2.26. The molecule has 1 N–H and O–H groups in total. The molecule has 0 saturated carbocycles. The van der Waals surface area contributed by atoms with Crippen LogP contribution in [0.2, 0.25) is 0 Å². The molecule has 0 aliphatic heterocycles. The first-order chi connectivity index (χ1) is 13.9. The van der Waals surface area contributed by atoms with Gasteiger partial charge in [-0.1, -0.05) is 0 Å². The normalized spacial score (nSPS) is 10.3. The molecule has 0 radical (unpaired) electrons. The number of carbonyl (C=O) groups excluding carboxylic acids is 3. The number of hydrogen-bond acceptors (Lipinski definition) is 5. The summed E-state index contributed by atoms with van der Waals surface area (Å²) in [5, 5.41) is 2.43. The molecular formula is C21H21F2NO5. The summed E-state index contributed by atoms with van der Waals surface area (Å²) in [5.74, 6) is -2.74. The summed E-state index contributed by atoms with van der Waals surface area (Å²) in [6.45, 7) is 2.08. The Morgan fingerprint density at radius 1 is 1.03 bits per heavy atom. The molecule has 0 heterocycles. The van der Waals surface area contributed by atoms with Crippen LogP contribution in [-0.4, -0.2) is 37.4 Å². The molecule has 6 nitrogen and oxygen atoms in total. The molecule has 29 heavy (non-hydrogen) atoms. The minimum atomic E-state index is -0.963. The molecule has 0 unspecified atom stereocenters. The maximum Gasteiger partial charge on any atom is 0.306 e. The van der Waals surface area contributed by atoms with Crippen LogP contribution in [-0.2, 0) is 9.53 Å². The predicted octanol–water partition coefficient (Wildman–Crippen LogP) is 3.30. The SMILES string of the molecule is CCOc1ccc(C(=O)COC(=O)CCCNC(=O)c2ccc(F)cc2F)cc1. The molecule has 0 saturated heterocycles. The Labute approximate surface area is 166 Å². The lowest BCUT2D eigenvalue weighted by Gasteiger charge is -2.07. The van der Waals surface area contributed by atoms with E-state index in [1.54, 1.807) is 24.3 Å². The van der Waals surface area contributed by atoms with Gasteiger partial charge in [-0.15, -0.1) is 0 Å². The Morgan fingerprint density at radius 3 is 2.41 bits per heavy atom. The second-order valence-electron chi connectivity index (χ2n) is 6.02. The van der Waals surface area contributed by atoms with E-state index >= 15 is 0 Å². The highest BCUT2D eigenvalue weighted by Crippen LogP contribution is 2.13. The van der Waals surface area contributed by atoms with E-state index in [9.17, 15) is 23.2 Å². The fraction of sp³-hybridized carbons (Fsp3) is 0.286. The largest absolute Gasteiger partial charge is 0.494 e. The molecule has 154 valence electrons. The predicted molar refractivity (Wildman–Crippen MR) is 101 cm³/mol. The second kappa shape index (κ2) is 10.9. The molecule has 0 aliphatic carbocycles. The smallest absolute Gasteiger partial charge is 0.306 e. The van der Waals surface area contributed by atoms with Crippen LogP contribution in [0, 0.1) is 11.6 Å². The second-order valence-corrected chi connectivity index (χ2v) is 6.02. The first-order valence-electron chi connectivity index (χ1n) is 9.05. The number of Topliss-reactive ketones (excluding diaryl/α,β-unsaturated/α-hetero) is 1. The van der Waals surface area contributed by atoms with E-state index in [-0.39, 0.29) is 37.3 Å². The van der Waals surface area contributed by atoms with Crippen molar-refractivity contribution in [2.24, 2.45) is 0 Å². The standard InChI is InChI=1S/C21H21F2NO5/c1-2-28-16-8-5-14(6-9-16)19(25)13-29-20(26)4-3-11-24-21(27)17-10-7-15(22)12-18(17)23/h5-10,12H,2-4,11,13H2,1H3,(H,24,27). The zero-order valence-corrected chi connectivity index (χ0v) is 15.9. The summed E-state index contributed by atoms with van der Waals surface area (Å²) >= 11 is 0. The molecule has 0 aliphatic rings. The Kier molecular flexibility index (Phi) is 8.27. The number of carbonyl (C=O) groups is 3. The van der Waals surface area contributed by atoms with E-state index in [1.165, 1.54) is 0 Å². The molecule has 0 spiro atoms. The Morgan fingerprint density at radius 2 is 1.76 bits per heavy atom. The average molecular weight is 405 g/mol. The zero-order chi connectivity index (χ0) is 21.2. The van der Waals surface area contributed by atoms with E-state index in [4.69, 9.17) is 9.47 Å². The van der Waals surface area contributed by atoms with E-state index in [0.29, 0.717) is 24.0 Å². The van der Waals surface area contributed by atoms with Crippen LogP contribution in [0.15, 0.2) is 42.5 Å². The van der Waals surface area contributed by atoms with Gasteiger partial charge in [-0.2, -0.15) is 0 Å². The number of esters is 1. The molecule has 2 rings (SSSR count). The molecule has 0 bridgehead atoms. The molecule has 0 atom stereocenters. The molecule has 1 amide bonds. The van der Waals surface area contributed by atoms with Crippen LogP contribution >= 0.6 is 0 Å². The fourth-order valence-corrected chi connectivity index (χ4v) is 2.41. The molecule has 8 heteroatoms. The number of rotatable bonds is 10. The molecule has 2 aromatic rings. The van der Waals surface area contributed by atoms with Crippen molar-refractivity contribution in [2.75, 3.05) is 19.8 Å². The maximum absolute atomic E-state index is 13.5. The van der Waals surface area contributed by atoms with E-state index in [0.717, 1.165) is 12.1 Å². The van der Waals surface area contributed by atoms with Gasteiger partial charge < -0.3 is 14.8 Å². The molecule has 0 aromatic heterocycles. The number of ketones is 1. The number of hydrogen-bond donors (Lipinski definition) is 1. The van der Waals surface area contributed by atoms with Gasteiger partial charge in [-0.3, -0.25) is 14.4 Å². The van der Waals surface area contributed by atoms with Crippen molar-refractivity contribution in [3.05, 3.63) is 65.2 Å². The van der Waals surface area contributed by atoms with E-state index in [2.05, 4.69) is 5.32 Å². The minimum Gasteiger partial charge on any atom is -0.494 e. The Bertz CT molecular complexity index is 868. The van der Waals surface area contributed by atoms with Gasteiger partial charge in [0.25, 0.3) is 5.91 Å². The highest BCUT2D eigenvalue weighted by Gasteiger charge is 2.13. The third kappa shape index (κ3) is 6.99. The highest BCUT2D eigenvalue weighted by atomic mass is 19.1. The molecule has 0 fully saturated rings. The van der Waals surface area contributed by atoms with Gasteiger partial charge in [0.2, 0.25) is 0 Å². The van der Waals surface area contributed by atoms with Crippen LogP contribution in [0.5, 0.6) is 5.75 Å². The first kappa shape index (κ1) is 22.0. The van der Waals surface area contributed by atoms with Crippen LogP contribution in [0.1, 0.15) is 40.5 Å². The summed E-state index contributed by atoms with van der Waals surface area (Å²) in [5.41, 5.74) is 0.116. The summed E-state index contributed by atoms with van der Waals surface area (Å²) in [4.78, 5) is 35.5. The van der Waals surface area contributed by atoms with Crippen molar-refractivity contribution in [2.45, 2.75) is 19.8 Å². The quantitative estimate of drug-likeness (QED) is 0.373.